The van der Waals surface area contributed by atoms with Crippen molar-refractivity contribution in [3.8, 4) is 23.0 Å². The van der Waals surface area contributed by atoms with E-state index in [1.165, 1.54) is 0 Å². The van der Waals surface area contributed by atoms with Crippen LogP contribution in [0.2, 0.25) is 0 Å². The highest BCUT2D eigenvalue weighted by atomic mass is 16.3. The van der Waals surface area contributed by atoms with Gasteiger partial charge in [0, 0.05) is 5.92 Å². The van der Waals surface area contributed by atoms with Crippen molar-refractivity contribution >= 4 is 0 Å². The van der Waals surface area contributed by atoms with Gasteiger partial charge in [-0.15, -0.1) is 0 Å². The fourth-order valence-corrected chi connectivity index (χ4v) is 6.50. The number of rotatable bonds is 3. The third kappa shape index (κ3) is 3.66. The molecule has 0 heterocycles. The van der Waals surface area contributed by atoms with E-state index in [9.17, 15) is 20.4 Å². The van der Waals surface area contributed by atoms with Crippen LogP contribution in [-0.4, -0.2) is 20.4 Å². The molecule has 1 aliphatic carbocycles. The summed E-state index contributed by atoms with van der Waals surface area (Å²) < 4.78 is 0. The molecule has 0 aromatic heterocycles. The minimum absolute atomic E-state index is 0.0611. The second kappa shape index (κ2) is 8.58. The molecule has 1 atom stereocenters. The van der Waals surface area contributed by atoms with Gasteiger partial charge in [0.25, 0.3) is 0 Å². The standard InChI is InChI=1S/C33H34O4/c1-17-9-23(10-18(2)30(17)35)29-16-24-15-27(34)7-8-28(24)33(29,25-11-19(3)31(36)20(4)12-25)26-13-21(5)32(37)22(6)14-26/h7-15,29,34-37H,16H2,1-6H3. The van der Waals surface area contributed by atoms with E-state index >= 15 is 0 Å². The summed E-state index contributed by atoms with van der Waals surface area (Å²) in [5.41, 5.74) is 9.49. The van der Waals surface area contributed by atoms with Gasteiger partial charge < -0.3 is 20.4 Å². The van der Waals surface area contributed by atoms with E-state index in [2.05, 4.69) is 36.4 Å². The number of benzene rings is 4. The molecule has 0 aliphatic heterocycles. The second-order valence-electron chi connectivity index (χ2n) is 10.8. The summed E-state index contributed by atoms with van der Waals surface area (Å²) in [5.74, 6) is 1.04. The molecule has 5 rings (SSSR count). The monoisotopic (exact) mass is 494 g/mol. The van der Waals surface area contributed by atoms with Crippen LogP contribution in [0.1, 0.15) is 67.1 Å². The smallest absolute Gasteiger partial charge is 0.121 e. The predicted octanol–water partition coefficient (Wildman–Crippen LogP) is 7.03. The number of hydrogen-bond donors (Lipinski definition) is 4. The van der Waals surface area contributed by atoms with Gasteiger partial charge in [-0.25, -0.2) is 0 Å². The Morgan fingerprint density at radius 2 is 0.973 bits per heavy atom. The Balaban J connectivity index is 1.96. The predicted molar refractivity (Wildman–Crippen MR) is 147 cm³/mol. The fourth-order valence-electron chi connectivity index (χ4n) is 6.50. The second-order valence-corrected chi connectivity index (χ2v) is 10.8. The molecule has 4 aromatic carbocycles. The van der Waals surface area contributed by atoms with Crippen LogP contribution in [0.25, 0.3) is 0 Å². The van der Waals surface area contributed by atoms with Gasteiger partial charge in [-0.1, -0.05) is 42.5 Å². The van der Waals surface area contributed by atoms with Crippen LogP contribution in [0.15, 0.2) is 54.6 Å². The minimum Gasteiger partial charge on any atom is -0.508 e. The molecular formula is C33H34O4. The number of fused-ring (bicyclic) bond motifs is 1. The molecule has 0 saturated carbocycles. The van der Waals surface area contributed by atoms with E-state index in [0.717, 1.165) is 61.2 Å². The Hall–Kier alpha value is -3.92. The summed E-state index contributed by atoms with van der Waals surface area (Å²) in [6.07, 6.45) is 0.686. The Labute approximate surface area is 218 Å². The molecule has 0 radical (unpaired) electrons. The summed E-state index contributed by atoms with van der Waals surface area (Å²) in [5, 5.41) is 42.4. The third-order valence-corrected chi connectivity index (χ3v) is 8.27. The normalized spacial score (nSPS) is 16.1. The average Bonchev–Trinajstić information content (AvgIpc) is 3.18. The molecule has 1 unspecified atom stereocenters. The molecule has 0 saturated heterocycles. The van der Waals surface area contributed by atoms with E-state index in [1.54, 1.807) is 6.07 Å². The molecule has 0 amide bonds. The van der Waals surface area contributed by atoms with Crippen molar-refractivity contribution in [3.05, 3.63) is 116 Å². The van der Waals surface area contributed by atoms with Crippen molar-refractivity contribution in [1.29, 1.82) is 0 Å². The lowest BCUT2D eigenvalue weighted by atomic mass is 9.62. The number of phenolic OH excluding ortho intramolecular Hbond substituents is 4. The summed E-state index contributed by atoms with van der Waals surface area (Å²) in [7, 11) is 0. The maximum Gasteiger partial charge on any atom is 0.121 e. The van der Waals surface area contributed by atoms with Gasteiger partial charge in [0.15, 0.2) is 0 Å². The molecule has 190 valence electrons. The fraction of sp³-hybridized carbons (Fsp3) is 0.273. The van der Waals surface area contributed by atoms with Crippen LogP contribution in [0.4, 0.5) is 0 Å². The van der Waals surface area contributed by atoms with E-state index in [0.29, 0.717) is 12.2 Å². The summed E-state index contributed by atoms with van der Waals surface area (Å²) in [6.45, 7) is 11.5. The van der Waals surface area contributed by atoms with Gasteiger partial charge in [-0.2, -0.15) is 0 Å². The van der Waals surface area contributed by atoms with E-state index in [1.807, 2.05) is 53.7 Å². The average molecular weight is 495 g/mol. The number of aromatic hydroxyl groups is 4. The van der Waals surface area contributed by atoms with Crippen LogP contribution in [0.5, 0.6) is 23.0 Å². The minimum atomic E-state index is -0.661. The van der Waals surface area contributed by atoms with Gasteiger partial charge in [0.1, 0.15) is 23.0 Å². The molecular weight excluding hydrogens is 460 g/mol. The van der Waals surface area contributed by atoms with E-state index in [4.69, 9.17) is 0 Å². The molecule has 4 aromatic rings. The first-order valence-electron chi connectivity index (χ1n) is 12.7. The quantitative estimate of drug-likeness (QED) is 0.246. The molecule has 4 N–H and O–H groups in total. The van der Waals surface area contributed by atoms with Crippen LogP contribution >= 0.6 is 0 Å². The molecule has 4 nitrogen and oxygen atoms in total. The van der Waals surface area contributed by atoms with Crippen LogP contribution in [0, 0.1) is 41.5 Å². The van der Waals surface area contributed by atoms with Crippen molar-refractivity contribution < 1.29 is 20.4 Å². The Morgan fingerprint density at radius 3 is 1.41 bits per heavy atom. The lowest BCUT2D eigenvalue weighted by Gasteiger charge is -2.40. The number of aryl methyl sites for hydroxylation is 6. The first-order chi connectivity index (χ1) is 17.4. The first-order valence-corrected chi connectivity index (χ1v) is 12.7. The van der Waals surface area contributed by atoms with Crippen molar-refractivity contribution in [2.75, 3.05) is 0 Å². The van der Waals surface area contributed by atoms with Crippen molar-refractivity contribution in [2.24, 2.45) is 0 Å². The summed E-state index contributed by atoms with van der Waals surface area (Å²) in [4.78, 5) is 0. The molecule has 1 aliphatic rings. The lowest BCUT2D eigenvalue weighted by molar-refractivity contribution is 0.459. The molecule has 37 heavy (non-hydrogen) atoms. The van der Waals surface area contributed by atoms with Gasteiger partial charge in [0.2, 0.25) is 0 Å². The molecule has 4 heteroatoms. The van der Waals surface area contributed by atoms with Crippen molar-refractivity contribution in [3.63, 3.8) is 0 Å². The number of hydrogen-bond acceptors (Lipinski definition) is 4. The third-order valence-electron chi connectivity index (χ3n) is 8.27. The maximum absolute atomic E-state index is 10.7. The zero-order chi connectivity index (χ0) is 26.8. The zero-order valence-electron chi connectivity index (χ0n) is 22.3. The summed E-state index contributed by atoms with van der Waals surface area (Å²) in [6, 6.07) is 18.0. The molecule has 0 bridgehead atoms. The van der Waals surface area contributed by atoms with E-state index in [-0.39, 0.29) is 23.2 Å². The van der Waals surface area contributed by atoms with Crippen molar-refractivity contribution in [2.45, 2.75) is 59.3 Å². The maximum atomic E-state index is 10.7. The van der Waals surface area contributed by atoms with Crippen LogP contribution in [0.3, 0.4) is 0 Å². The molecule has 0 fully saturated rings. The van der Waals surface area contributed by atoms with Gasteiger partial charge in [0.05, 0.1) is 5.41 Å². The Morgan fingerprint density at radius 1 is 0.568 bits per heavy atom. The highest BCUT2D eigenvalue weighted by Gasteiger charge is 2.51. The number of phenols is 4. The van der Waals surface area contributed by atoms with Gasteiger partial charge in [-0.05, 0) is 121 Å². The van der Waals surface area contributed by atoms with Crippen LogP contribution < -0.4 is 0 Å². The Bertz CT molecular complexity index is 1440. The van der Waals surface area contributed by atoms with Crippen molar-refractivity contribution in [1.82, 2.24) is 0 Å². The lowest BCUT2D eigenvalue weighted by Crippen LogP contribution is -2.34. The highest BCUT2D eigenvalue weighted by Crippen LogP contribution is 2.58. The Kier molecular flexibility index (Phi) is 5.74. The SMILES string of the molecule is Cc1cc(C2Cc3cc(O)ccc3C2(c2cc(C)c(O)c(C)c2)c2cc(C)c(O)c(C)c2)cc(C)c1O. The largest absolute Gasteiger partial charge is 0.508 e. The highest BCUT2D eigenvalue weighted by molar-refractivity contribution is 5.66. The molecule has 0 spiro atoms. The van der Waals surface area contributed by atoms with E-state index < -0.39 is 5.41 Å². The van der Waals surface area contributed by atoms with Crippen LogP contribution in [-0.2, 0) is 11.8 Å². The topological polar surface area (TPSA) is 80.9 Å². The first kappa shape index (κ1) is 24.8. The van der Waals surface area contributed by atoms with Gasteiger partial charge >= 0.3 is 0 Å². The van der Waals surface area contributed by atoms with Gasteiger partial charge in [-0.3, -0.25) is 0 Å². The summed E-state index contributed by atoms with van der Waals surface area (Å²) >= 11 is 0. The zero-order valence-corrected chi connectivity index (χ0v) is 22.3.